The molecule has 0 bridgehead atoms. The molecular weight excluding hydrogens is 290 g/mol. The van der Waals surface area contributed by atoms with Gasteiger partial charge in [-0.05, 0) is 17.7 Å². The van der Waals surface area contributed by atoms with Crippen LogP contribution in [0.2, 0.25) is 0 Å². The van der Waals surface area contributed by atoms with Crippen molar-refractivity contribution in [3.05, 3.63) is 65.7 Å². The highest BCUT2D eigenvalue weighted by atomic mass is 32.2. The zero-order valence-electron chi connectivity index (χ0n) is 11.4. The Labute approximate surface area is 123 Å². The van der Waals surface area contributed by atoms with E-state index in [9.17, 15) is 13.2 Å². The highest BCUT2D eigenvalue weighted by Gasteiger charge is 2.14. The number of benzene rings is 2. The summed E-state index contributed by atoms with van der Waals surface area (Å²) in [5.41, 5.74) is 1.25. The molecule has 110 valence electrons. The molecule has 5 nitrogen and oxygen atoms in total. The summed E-state index contributed by atoms with van der Waals surface area (Å²) in [5, 5.41) is 0. The number of carbonyl (C=O) groups is 1. The second-order valence-corrected chi connectivity index (χ2v) is 6.23. The van der Waals surface area contributed by atoms with Gasteiger partial charge in [-0.3, -0.25) is 4.72 Å². The van der Waals surface area contributed by atoms with E-state index < -0.39 is 16.0 Å². The third-order valence-corrected chi connectivity index (χ3v) is 3.25. The number of anilines is 1. The van der Waals surface area contributed by atoms with Gasteiger partial charge in [-0.1, -0.05) is 42.5 Å². The molecule has 0 fully saturated rings. The monoisotopic (exact) mass is 305 g/mol. The number of nitrogens with one attached hydrogen (secondary N) is 1. The number of hydrogen-bond donors (Lipinski definition) is 1. The Balaban J connectivity index is 2.12. The number of carbonyl (C=O) groups excluding carboxylic acids is 1. The van der Waals surface area contributed by atoms with Gasteiger partial charge < -0.3 is 4.74 Å². The average molecular weight is 305 g/mol. The van der Waals surface area contributed by atoms with Crippen LogP contribution < -0.4 is 4.72 Å². The van der Waals surface area contributed by atoms with Crippen LogP contribution in [0.25, 0.3) is 0 Å². The molecule has 0 aromatic heterocycles. The number of esters is 1. The van der Waals surface area contributed by atoms with E-state index in [2.05, 4.69) is 4.72 Å². The lowest BCUT2D eigenvalue weighted by Crippen LogP contribution is -2.14. The zero-order chi connectivity index (χ0) is 15.3. The van der Waals surface area contributed by atoms with Gasteiger partial charge in [-0.2, -0.15) is 0 Å². The van der Waals surface area contributed by atoms with E-state index in [-0.39, 0.29) is 17.9 Å². The lowest BCUT2D eigenvalue weighted by molar-refractivity contribution is 0.0474. The van der Waals surface area contributed by atoms with E-state index in [1.165, 1.54) is 12.1 Å². The first-order chi connectivity index (χ1) is 9.96. The molecule has 0 saturated heterocycles. The molecule has 2 rings (SSSR count). The predicted molar refractivity (Wildman–Crippen MR) is 80.5 cm³/mol. The third-order valence-electron chi connectivity index (χ3n) is 2.66. The van der Waals surface area contributed by atoms with E-state index in [1.807, 2.05) is 30.3 Å². The summed E-state index contributed by atoms with van der Waals surface area (Å²) < 4.78 is 30.1. The standard InChI is InChI=1S/C15H15NO4S/c1-21(18,19)16-14-10-6-5-9-13(14)15(17)20-11-12-7-3-2-4-8-12/h2-10,16H,11H2,1H3. The maximum absolute atomic E-state index is 12.1. The quantitative estimate of drug-likeness (QED) is 0.861. The van der Waals surface area contributed by atoms with Crippen molar-refractivity contribution >= 4 is 21.7 Å². The molecule has 0 amide bonds. The van der Waals surface area contributed by atoms with Crippen LogP contribution in [0.15, 0.2) is 54.6 Å². The second kappa shape index (κ2) is 6.41. The third kappa shape index (κ3) is 4.61. The molecule has 2 aromatic rings. The maximum Gasteiger partial charge on any atom is 0.340 e. The lowest BCUT2D eigenvalue weighted by Gasteiger charge is -2.10. The van der Waals surface area contributed by atoms with Gasteiger partial charge in [-0.15, -0.1) is 0 Å². The molecule has 0 spiro atoms. The molecule has 0 saturated carbocycles. The van der Waals surface area contributed by atoms with Crippen molar-refractivity contribution in [3.8, 4) is 0 Å². The van der Waals surface area contributed by atoms with Crippen LogP contribution in [0.3, 0.4) is 0 Å². The maximum atomic E-state index is 12.1. The zero-order valence-corrected chi connectivity index (χ0v) is 12.3. The van der Waals surface area contributed by atoms with Crippen molar-refractivity contribution in [1.82, 2.24) is 0 Å². The Morgan fingerprint density at radius 1 is 1.05 bits per heavy atom. The van der Waals surface area contributed by atoms with E-state index in [0.29, 0.717) is 0 Å². The fraction of sp³-hybridized carbons (Fsp3) is 0.133. The van der Waals surface area contributed by atoms with Gasteiger partial charge in [0.15, 0.2) is 0 Å². The van der Waals surface area contributed by atoms with Crippen LogP contribution in [0.4, 0.5) is 5.69 Å². The normalized spacial score (nSPS) is 10.9. The molecule has 6 heteroatoms. The predicted octanol–water partition coefficient (Wildman–Crippen LogP) is 2.42. The molecule has 0 radical (unpaired) electrons. The first-order valence-electron chi connectivity index (χ1n) is 6.23. The van der Waals surface area contributed by atoms with Crippen molar-refractivity contribution in [2.75, 3.05) is 11.0 Å². The van der Waals surface area contributed by atoms with Gasteiger partial charge >= 0.3 is 5.97 Å². The Bertz CT molecular complexity index is 726. The summed E-state index contributed by atoms with van der Waals surface area (Å²) in [7, 11) is -3.46. The van der Waals surface area contributed by atoms with Gasteiger partial charge in [0.05, 0.1) is 17.5 Å². The molecule has 0 aliphatic rings. The molecule has 0 atom stereocenters. The van der Waals surface area contributed by atoms with Gasteiger partial charge in [0.25, 0.3) is 0 Å². The minimum atomic E-state index is -3.46. The van der Waals surface area contributed by atoms with Crippen molar-refractivity contribution in [3.63, 3.8) is 0 Å². The topological polar surface area (TPSA) is 72.5 Å². The Morgan fingerprint density at radius 3 is 2.33 bits per heavy atom. The Kier molecular flexibility index (Phi) is 4.59. The van der Waals surface area contributed by atoms with Gasteiger partial charge in [0.2, 0.25) is 10.0 Å². The SMILES string of the molecule is CS(=O)(=O)Nc1ccccc1C(=O)OCc1ccccc1. The highest BCUT2D eigenvalue weighted by Crippen LogP contribution is 2.18. The van der Waals surface area contributed by atoms with Gasteiger partial charge in [0.1, 0.15) is 6.61 Å². The smallest absolute Gasteiger partial charge is 0.340 e. The highest BCUT2D eigenvalue weighted by molar-refractivity contribution is 7.92. The number of sulfonamides is 1. The second-order valence-electron chi connectivity index (χ2n) is 4.48. The first kappa shape index (κ1) is 15.1. The van der Waals surface area contributed by atoms with E-state index in [0.717, 1.165) is 11.8 Å². The molecule has 0 heterocycles. The minimum absolute atomic E-state index is 0.132. The van der Waals surface area contributed by atoms with Gasteiger partial charge in [-0.25, -0.2) is 13.2 Å². The van der Waals surface area contributed by atoms with E-state index in [1.54, 1.807) is 12.1 Å². The molecule has 0 unspecified atom stereocenters. The summed E-state index contributed by atoms with van der Waals surface area (Å²) in [5.74, 6) is -0.578. The summed E-state index contributed by atoms with van der Waals surface area (Å²) >= 11 is 0. The van der Waals surface area contributed by atoms with Crippen LogP contribution in [-0.4, -0.2) is 20.6 Å². The number of rotatable bonds is 5. The molecule has 2 aromatic carbocycles. The van der Waals surface area contributed by atoms with Crippen molar-refractivity contribution in [1.29, 1.82) is 0 Å². The van der Waals surface area contributed by atoms with Crippen LogP contribution >= 0.6 is 0 Å². The van der Waals surface area contributed by atoms with E-state index in [4.69, 9.17) is 4.74 Å². The average Bonchev–Trinajstić information content (AvgIpc) is 2.45. The van der Waals surface area contributed by atoms with E-state index >= 15 is 0 Å². The van der Waals surface area contributed by atoms with Crippen molar-refractivity contribution in [2.45, 2.75) is 6.61 Å². The number of para-hydroxylation sites is 1. The molecule has 0 aliphatic carbocycles. The minimum Gasteiger partial charge on any atom is -0.457 e. The Hall–Kier alpha value is -2.34. The van der Waals surface area contributed by atoms with Crippen LogP contribution in [-0.2, 0) is 21.4 Å². The van der Waals surface area contributed by atoms with Crippen molar-refractivity contribution < 1.29 is 17.9 Å². The fourth-order valence-electron chi connectivity index (χ4n) is 1.75. The molecule has 0 aliphatic heterocycles. The van der Waals surface area contributed by atoms with Crippen LogP contribution in [0.5, 0.6) is 0 Å². The molecule has 21 heavy (non-hydrogen) atoms. The summed E-state index contributed by atoms with van der Waals surface area (Å²) in [6, 6.07) is 15.6. The summed E-state index contributed by atoms with van der Waals surface area (Å²) in [6.07, 6.45) is 1.03. The van der Waals surface area contributed by atoms with Crippen LogP contribution in [0, 0.1) is 0 Å². The largest absolute Gasteiger partial charge is 0.457 e. The fourth-order valence-corrected chi connectivity index (χ4v) is 2.33. The molecule has 1 N–H and O–H groups in total. The van der Waals surface area contributed by atoms with Gasteiger partial charge in [0, 0.05) is 0 Å². The number of ether oxygens (including phenoxy) is 1. The summed E-state index contributed by atoms with van der Waals surface area (Å²) in [4.78, 5) is 12.1. The molecular formula is C15H15NO4S. The summed E-state index contributed by atoms with van der Waals surface area (Å²) in [6.45, 7) is 0.132. The Morgan fingerprint density at radius 2 is 1.67 bits per heavy atom. The van der Waals surface area contributed by atoms with Crippen LogP contribution in [0.1, 0.15) is 15.9 Å². The van der Waals surface area contributed by atoms with Crippen molar-refractivity contribution in [2.24, 2.45) is 0 Å². The number of hydrogen-bond acceptors (Lipinski definition) is 4. The first-order valence-corrected chi connectivity index (χ1v) is 8.13. The lowest BCUT2D eigenvalue weighted by atomic mass is 10.2.